The number of ether oxygens (including phenoxy) is 6. The molecule has 0 saturated carbocycles. The molecule has 21 heteroatoms. The second-order valence-corrected chi connectivity index (χ2v) is 16.2. The molecule has 0 radical (unpaired) electrons. The molecule has 2 atom stereocenters. The van der Waals surface area contributed by atoms with Crippen LogP contribution in [0.5, 0.6) is 35.0 Å². The number of hydrogen-bond donors (Lipinski definition) is 2. The van der Waals surface area contributed by atoms with Crippen LogP contribution in [-0.4, -0.2) is 140 Å². The van der Waals surface area contributed by atoms with E-state index in [1.54, 1.807) is 66.4 Å². The Labute approximate surface area is 387 Å². The van der Waals surface area contributed by atoms with Gasteiger partial charge < -0.3 is 62.7 Å². The molecule has 10 heterocycles. The summed E-state index contributed by atoms with van der Waals surface area (Å²) in [6.45, 7) is 9.50. The summed E-state index contributed by atoms with van der Waals surface area (Å²) in [4.78, 5) is 54.2. The summed E-state index contributed by atoms with van der Waals surface area (Å²) in [6.07, 6.45) is 15.1. The fourth-order valence-corrected chi connectivity index (χ4v) is 7.98. The standard InChI is InChI=1S/C23H26N6O4.C18H22N4O3.C5H6N2O2/c1-15-8-16(10-25-22(15)31-3)29-6-7-32-20-11-24-21(9-19(20)29)33-17-4-5-28(12-17)23(30)18-13-27(2)14-26-18;1-12-7-13(9-21-18(12)23-2)22-5-6-24-16-11-20-17(8-15(16)22)25-14-3-4-19-10-14;1-7-2-4(5(8)9)6-3-7/h8-11,13-14,17H,4-7,12H2,1-3H3;7-9,11,14,19H,3-6,10H2,1-2H3;2-3H,1H3,(H,8,9)/t17-;14-;/m00./s1. The number of nitrogens with one attached hydrogen (secondary N) is 1. The number of anilines is 4. The second kappa shape index (κ2) is 20.7. The van der Waals surface area contributed by atoms with E-state index >= 15 is 0 Å². The summed E-state index contributed by atoms with van der Waals surface area (Å²) in [5.41, 5.74) is 6.25. The number of carboxylic acid groups (broad SMARTS) is 1. The second-order valence-electron chi connectivity index (χ2n) is 16.2. The van der Waals surface area contributed by atoms with Crippen LogP contribution in [-0.2, 0) is 14.1 Å². The third kappa shape index (κ3) is 10.9. The Morgan fingerprint density at radius 3 is 1.67 bits per heavy atom. The lowest BCUT2D eigenvalue weighted by atomic mass is 10.2. The molecule has 6 aromatic rings. The number of fused-ring (bicyclic) bond motifs is 2. The van der Waals surface area contributed by atoms with Crippen LogP contribution in [0.25, 0.3) is 0 Å². The third-order valence-electron chi connectivity index (χ3n) is 11.3. The predicted octanol–water partition coefficient (Wildman–Crippen LogP) is 4.53. The summed E-state index contributed by atoms with van der Waals surface area (Å²) in [7, 11) is 6.81. The van der Waals surface area contributed by atoms with Gasteiger partial charge in [-0.05, 0) is 38.9 Å². The quantitative estimate of drug-likeness (QED) is 0.193. The molecule has 67 heavy (non-hydrogen) atoms. The van der Waals surface area contributed by atoms with Crippen molar-refractivity contribution in [3.8, 4) is 35.0 Å². The van der Waals surface area contributed by atoms with Gasteiger partial charge in [0.25, 0.3) is 5.91 Å². The first kappa shape index (κ1) is 45.9. The monoisotopic (exact) mass is 918 g/mol. The molecule has 4 aliphatic rings. The molecule has 21 nitrogen and oxygen atoms in total. The average molecular weight is 919 g/mol. The molecule has 2 saturated heterocycles. The van der Waals surface area contributed by atoms with Gasteiger partial charge in [0.05, 0.1) is 94.0 Å². The number of aromatic nitrogens is 8. The number of carboxylic acids is 1. The van der Waals surface area contributed by atoms with E-state index in [2.05, 4.69) is 51.1 Å². The van der Waals surface area contributed by atoms with Gasteiger partial charge in [-0.25, -0.2) is 34.7 Å². The van der Waals surface area contributed by atoms with E-state index in [0.29, 0.717) is 67.8 Å². The lowest BCUT2D eigenvalue weighted by Crippen LogP contribution is -2.31. The summed E-state index contributed by atoms with van der Waals surface area (Å²) < 4.78 is 37.6. The molecule has 0 aliphatic carbocycles. The topological polar surface area (TPSA) is 219 Å². The van der Waals surface area contributed by atoms with Crippen molar-refractivity contribution in [2.24, 2.45) is 14.1 Å². The number of nitrogens with zero attached hydrogens (tertiary/aromatic N) is 11. The molecule has 4 aliphatic heterocycles. The summed E-state index contributed by atoms with van der Waals surface area (Å²) in [5.74, 6) is 2.76. The Balaban J connectivity index is 0.000000157. The van der Waals surface area contributed by atoms with Crippen LogP contribution >= 0.6 is 0 Å². The first-order valence-electron chi connectivity index (χ1n) is 21.8. The van der Waals surface area contributed by atoms with E-state index in [4.69, 9.17) is 33.5 Å². The van der Waals surface area contributed by atoms with Crippen molar-refractivity contribution in [1.29, 1.82) is 0 Å². The van der Waals surface area contributed by atoms with Crippen LogP contribution < -0.4 is 43.5 Å². The van der Waals surface area contributed by atoms with Crippen molar-refractivity contribution in [1.82, 2.24) is 49.3 Å². The van der Waals surface area contributed by atoms with Gasteiger partial charge in [-0.3, -0.25) is 4.79 Å². The molecule has 1 amide bonds. The van der Waals surface area contributed by atoms with Crippen LogP contribution in [0.15, 0.2) is 74.1 Å². The number of carbonyl (C=O) groups is 2. The van der Waals surface area contributed by atoms with E-state index in [0.717, 1.165) is 72.1 Å². The zero-order valence-electron chi connectivity index (χ0n) is 38.3. The Morgan fingerprint density at radius 2 is 1.22 bits per heavy atom. The first-order chi connectivity index (χ1) is 32.5. The Hall–Kier alpha value is -7.68. The molecule has 2 fully saturated rings. The van der Waals surface area contributed by atoms with Crippen molar-refractivity contribution in [3.05, 3.63) is 96.6 Å². The highest BCUT2D eigenvalue weighted by Gasteiger charge is 2.31. The maximum atomic E-state index is 12.7. The Morgan fingerprint density at radius 1 is 0.687 bits per heavy atom. The Kier molecular flexibility index (Phi) is 14.1. The maximum Gasteiger partial charge on any atom is 0.356 e. The van der Waals surface area contributed by atoms with Gasteiger partial charge in [0.15, 0.2) is 17.2 Å². The SMILES string of the molecule is COc1ncc(N2CCOc3cnc(O[C@H]4CCN(C(=O)c5cn(C)cn5)C4)cc32)cc1C.COc1ncc(N2CCOc3cnc(O[C@H]4CCNC4)cc32)cc1C.Cn1cnc(C(=O)O)c1. The van der Waals surface area contributed by atoms with E-state index in [-0.39, 0.29) is 23.8 Å². The zero-order chi connectivity index (χ0) is 47.0. The Bertz CT molecular complexity index is 2690. The van der Waals surface area contributed by atoms with Gasteiger partial charge in [-0.1, -0.05) is 0 Å². The van der Waals surface area contributed by atoms with Gasteiger partial charge in [0.2, 0.25) is 23.5 Å². The number of pyridine rings is 4. The first-order valence-corrected chi connectivity index (χ1v) is 21.8. The highest BCUT2D eigenvalue weighted by Crippen LogP contribution is 2.40. The fraction of sp³-hybridized carbons (Fsp3) is 0.391. The number of methoxy groups -OCH3 is 2. The lowest BCUT2D eigenvalue weighted by molar-refractivity contribution is 0.0690. The molecule has 0 spiro atoms. The van der Waals surface area contributed by atoms with E-state index in [9.17, 15) is 9.59 Å². The number of aromatic carboxylic acids is 1. The minimum Gasteiger partial charge on any atom is -0.488 e. The lowest BCUT2D eigenvalue weighted by Gasteiger charge is -2.31. The molecule has 352 valence electrons. The predicted molar refractivity (Wildman–Crippen MR) is 245 cm³/mol. The van der Waals surface area contributed by atoms with Crippen LogP contribution in [0.2, 0.25) is 0 Å². The normalized spacial score (nSPS) is 17.1. The molecular formula is C46H54N12O9. The van der Waals surface area contributed by atoms with E-state index in [1.165, 1.54) is 12.5 Å². The average Bonchev–Trinajstić information content (AvgIpc) is 4.19. The fourth-order valence-electron chi connectivity index (χ4n) is 7.98. The molecule has 0 bridgehead atoms. The highest BCUT2D eigenvalue weighted by atomic mass is 16.5. The number of carbonyl (C=O) groups excluding carboxylic acids is 1. The van der Waals surface area contributed by atoms with Crippen molar-refractivity contribution >= 4 is 34.6 Å². The van der Waals surface area contributed by atoms with Crippen molar-refractivity contribution in [2.45, 2.75) is 38.9 Å². The van der Waals surface area contributed by atoms with Crippen LogP contribution in [0.1, 0.15) is 44.9 Å². The van der Waals surface area contributed by atoms with Crippen LogP contribution in [0, 0.1) is 13.8 Å². The van der Waals surface area contributed by atoms with Gasteiger partial charge >= 0.3 is 5.97 Å². The number of aryl methyl sites for hydroxylation is 4. The number of rotatable bonds is 10. The number of imidazole rings is 2. The molecule has 0 unspecified atom stereocenters. The molecule has 0 aromatic carbocycles. The van der Waals surface area contributed by atoms with Gasteiger partial charge in [0.1, 0.15) is 31.1 Å². The largest absolute Gasteiger partial charge is 0.488 e. The van der Waals surface area contributed by atoms with Crippen LogP contribution in [0.4, 0.5) is 22.7 Å². The number of hydrogen-bond acceptors (Lipinski definition) is 17. The zero-order valence-corrected chi connectivity index (χ0v) is 38.3. The minimum absolute atomic E-state index is 0.0810. The van der Waals surface area contributed by atoms with Gasteiger partial charge in [0, 0.05) is 69.3 Å². The molecule has 10 rings (SSSR count). The summed E-state index contributed by atoms with van der Waals surface area (Å²) in [6, 6.07) is 7.95. The summed E-state index contributed by atoms with van der Waals surface area (Å²) >= 11 is 0. The highest BCUT2D eigenvalue weighted by molar-refractivity contribution is 5.92. The van der Waals surface area contributed by atoms with Gasteiger partial charge in [-0.2, -0.15) is 0 Å². The van der Waals surface area contributed by atoms with Crippen molar-refractivity contribution < 1.29 is 43.1 Å². The minimum atomic E-state index is -0.990. The van der Waals surface area contributed by atoms with Crippen molar-refractivity contribution in [3.63, 3.8) is 0 Å². The van der Waals surface area contributed by atoms with Crippen LogP contribution in [0.3, 0.4) is 0 Å². The third-order valence-corrected chi connectivity index (χ3v) is 11.3. The maximum absolute atomic E-state index is 12.7. The molecule has 2 N–H and O–H groups in total. The number of likely N-dealkylation sites (tertiary alicyclic amines) is 1. The van der Waals surface area contributed by atoms with E-state index in [1.807, 2.05) is 45.3 Å². The number of amides is 1. The molecular weight excluding hydrogens is 865 g/mol. The summed E-state index contributed by atoms with van der Waals surface area (Å²) in [5, 5.41) is 11.6. The smallest absolute Gasteiger partial charge is 0.356 e. The van der Waals surface area contributed by atoms with Gasteiger partial charge in [-0.15, -0.1) is 0 Å². The van der Waals surface area contributed by atoms with E-state index < -0.39 is 5.97 Å². The van der Waals surface area contributed by atoms with Crippen molar-refractivity contribution in [2.75, 3.05) is 76.5 Å². The molecule has 6 aromatic heterocycles.